The number of carbonyl (C=O) groups is 1. The van der Waals surface area contributed by atoms with E-state index < -0.39 is 5.97 Å². The average molecular weight is 208 g/mol. The Morgan fingerprint density at radius 2 is 2.40 bits per heavy atom. The lowest BCUT2D eigenvalue weighted by atomic mass is 10.2. The zero-order chi connectivity index (χ0) is 10.7. The van der Waals surface area contributed by atoms with Crippen LogP contribution in [0.25, 0.3) is 0 Å². The predicted octanol–water partition coefficient (Wildman–Crippen LogP) is 1.10. The van der Waals surface area contributed by atoms with E-state index in [0.717, 1.165) is 0 Å². The Kier molecular flexibility index (Phi) is 2.91. The molecule has 0 saturated heterocycles. The molecule has 0 spiro atoms. The number of nitrogens with zero attached hydrogens (tertiary/aromatic N) is 2. The van der Waals surface area contributed by atoms with Gasteiger partial charge in [0.25, 0.3) is 0 Å². The molecular formula is C10H12N2O3. The fourth-order valence-electron chi connectivity index (χ4n) is 1.26. The van der Waals surface area contributed by atoms with E-state index in [2.05, 4.69) is 9.97 Å². The van der Waals surface area contributed by atoms with E-state index >= 15 is 0 Å². The summed E-state index contributed by atoms with van der Waals surface area (Å²) < 4.78 is 5.38. The fourth-order valence-corrected chi connectivity index (χ4v) is 1.26. The standard InChI is InChI=1S/C10H12N2O3/c13-10(14)8-3-11-6-12-9(8)5-15-4-7-1-2-7/h3,6-7H,1-2,4-5H2,(H,13,14). The van der Waals surface area contributed by atoms with Crippen molar-refractivity contribution >= 4 is 5.97 Å². The Hall–Kier alpha value is -1.49. The molecule has 0 bridgehead atoms. The van der Waals surface area contributed by atoms with Gasteiger partial charge in [0.1, 0.15) is 11.9 Å². The van der Waals surface area contributed by atoms with Gasteiger partial charge in [-0.25, -0.2) is 14.8 Å². The first-order valence-electron chi connectivity index (χ1n) is 4.87. The summed E-state index contributed by atoms with van der Waals surface area (Å²) in [5.41, 5.74) is 0.562. The SMILES string of the molecule is O=C(O)c1cncnc1COCC1CC1. The fraction of sp³-hybridized carbons (Fsp3) is 0.500. The molecule has 0 radical (unpaired) electrons. The predicted molar refractivity (Wildman–Crippen MR) is 51.4 cm³/mol. The topological polar surface area (TPSA) is 72.3 Å². The molecule has 5 heteroatoms. The third kappa shape index (κ3) is 2.73. The molecule has 0 unspecified atom stereocenters. The van der Waals surface area contributed by atoms with Crippen LogP contribution in [0.2, 0.25) is 0 Å². The van der Waals surface area contributed by atoms with Gasteiger partial charge in [-0.3, -0.25) is 0 Å². The number of carboxylic acid groups (broad SMARTS) is 1. The van der Waals surface area contributed by atoms with Crippen molar-refractivity contribution in [3.8, 4) is 0 Å². The van der Waals surface area contributed by atoms with Crippen molar-refractivity contribution in [2.75, 3.05) is 6.61 Å². The molecule has 0 aromatic carbocycles. The van der Waals surface area contributed by atoms with Crippen LogP contribution in [0.5, 0.6) is 0 Å². The maximum absolute atomic E-state index is 10.8. The van der Waals surface area contributed by atoms with Crippen LogP contribution in [0, 0.1) is 5.92 Å². The lowest BCUT2D eigenvalue weighted by molar-refractivity contribution is 0.0682. The van der Waals surface area contributed by atoms with Crippen LogP contribution in [0.4, 0.5) is 0 Å². The Labute approximate surface area is 87.1 Å². The second kappa shape index (κ2) is 4.35. The molecule has 80 valence electrons. The van der Waals surface area contributed by atoms with Gasteiger partial charge in [0.2, 0.25) is 0 Å². The second-order valence-electron chi connectivity index (χ2n) is 3.65. The summed E-state index contributed by atoms with van der Waals surface area (Å²) in [5, 5.41) is 8.85. The maximum atomic E-state index is 10.8. The van der Waals surface area contributed by atoms with E-state index in [1.54, 1.807) is 0 Å². The van der Waals surface area contributed by atoms with Crippen LogP contribution in [-0.2, 0) is 11.3 Å². The molecule has 1 aliphatic rings. The molecular weight excluding hydrogens is 196 g/mol. The van der Waals surface area contributed by atoms with Crippen LogP contribution in [0.1, 0.15) is 28.9 Å². The lowest BCUT2D eigenvalue weighted by Gasteiger charge is -2.04. The van der Waals surface area contributed by atoms with Crippen LogP contribution in [0.3, 0.4) is 0 Å². The summed E-state index contributed by atoms with van der Waals surface area (Å²) in [7, 11) is 0. The zero-order valence-electron chi connectivity index (χ0n) is 8.22. The van der Waals surface area contributed by atoms with Gasteiger partial charge < -0.3 is 9.84 Å². The number of hydrogen-bond acceptors (Lipinski definition) is 4. The van der Waals surface area contributed by atoms with Crippen LogP contribution in [0.15, 0.2) is 12.5 Å². The number of carboxylic acids is 1. The minimum absolute atomic E-state index is 0.119. The highest BCUT2D eigenvalue weighted by atomic mass is 16.5. The minimum Gasteiger partial charge on any atom is -0.478 e. The average Bonchev–Trinajstić information content (AvgIpc) is 3.02. The number of ether oxygens (including phenoxy) is 1. The van der Waals surface area contributed by atoms with E-state index in [-0.39, 0.29) is 12.2 Å². The van der Waals surface area contributed by atoms with Crippen LogP contribution in [-0.4, -0.2) is 27.7 Å². The van der Waals surface area contributed by atoms with Gasteiger partial charge in [-0.15, -0.1) is 0 Å². The first kappa shape index (κ1) is 10.0. The summed E-state index contributed by atoms with van der Waals surface area (Å²) in [6.45, 7) is 0.948. The van der Waals surface area contributed by atoms with Crippen molar-refractivity contribution in [2.24, 2.45) is 5.92 Å². The molecule has 1 heterocycles. The van der Waals surface area contributed by atoms with Crippen molar-refractivity contribution in [1.29, 1.82) is 0 Å². The summed E-state index contributed by atoms with van der Waals surface area (Å²) >= 11 is 0. The van der Waals surface area contributed by atoms with E-state index in [1.165, 1.54) is 25.4 Å². The molecule has 1 aromatic heterocycles. The third-order valence-corrected chi connectivity index (χ3v) is 2.31. The number of aromatic carboxylic acids is 1. The molecule has 0 atom stereocenters. The number of aromatic nitrogens is 2. The van der Waals surface area contributed by atoms with E-state index in [1.807, 2.05) is 0 Å². The van der Waals surface area contributed by atoms with E-state index in [9.17, 15) is 4.79 Å². The molecule has 1 aliphatic carbocycles. The van der Waals surface area contributed by atoms with Crippen molar-refractivity contribution < 1.29 is 14.6 Å². The minimum atomic E-state index is -1.01. The normalized spacial score (nSPS) is 15.2. The highest BCUT2D eigenvalue weighted by Gasteiger charge is 2.21. The van der Waals surface area contributed by atoms with Gasteiger partial charge in [-0.1, -0.05) is 0 Å². The van der Waals surface area contributed by atoms with Gasteiger partial charge in [-0.05, 0) is 18.8 Å². The monoisotopic (exact) mass is 208 g/mol. The largest absolute Gasteiger partial charge is 0.478 e. The van der Waals surface area contributed by atoms with E-state index in [0.29, 0.717) is 18.2 Å². The van der Waals surface area contributed by atoms with Gasteiger partial charge in [0.05, 0.1) is 12.3 Å². The van der Waals surface area contributed by atoms with Gasteiger partial charge >= 0.3 is 5.97 Å². The quantitative estimate of drug-likeness (QED) is 0.784. The Morgan fingerprint density at radius 1 is 1.60 bits per heavy atom. The smallest absolute Gasteiger partial charge is 0.339 e. The highest BCUT2D eigenvalue weighted by Crippen LogP contribution is 2.29. The molecule has 15 heavy (non-hydrogen) atoms. The molecule has 1 N–H and O–H groups in total. The van der Waals surface area contributed by atoms with Gasteiger partial charge in [-0.2, -0.15) is 0 Å². The first-order chi connectivity index (χ1) is 7.27. The zero-order valence-corrected chi connectivity index (χ0v) is 8.22. The lowest BCUT2D eigenvalue weighted by Crippen LogP contribution is -2.08. The summed E-state index contributed by atoms with van der Waals surface area (Å²) in [5.74, 6) is -0.347. The summed E-state index contributed by atoms with van der Waals surface area (Å²) in [4.78, 5) is 18.4. The van der Waals surface area contributed by atoms with Gasteiger partial charge in [0, 0.05) is 12.8 Å². The summed E-state index contributed by atoms with van der Waals surface area (Å²) in [6, 6.07) is 0. The Bertz CT molecular complexity index is 363. The molecule has 5 nitrogen and oxygen atoms in total. The molecule has 1 fully saturated rings. The number of rotatable bonds is 5. The molecule has 1 aromatic rings. The van der Waals surface area contributed by atoms with Crippen LogP contribution < -0.4 is 0 Å². The van der Waals surface area contributed by atoms with Crippen molar-refractivity contribution in [1.82, 2.24) is 9.97 Å². The Morgan fingerprint density at radius 3 is 3.07 bits per heavy atom. The van der Waals surface area contributed by atoms with E-state index in [4.69, 9.17) is 9.84 Å². The molecule has 2 rings (SSSR count). The van der Waals surface area contributed by atoms with Crippen molar-refractivity contribution in [3.05, 3.63) is 23.8 Å². The third-order valence-electron chi connectivity index (χ3n) is 2.31. The molecule has 0 amide bonds. The Balaban J connectivity index is 1.95. The van der Waals surface area contributed by atoms with Crippen LogP contribution >= 0.6 is 0 Å². The van der Waals surface area contributed by atoms with Crippen molar-refractivity contribution in [2.45, 2.75) is 19.4 Å². The molecule has 0 aliphatic heterocycles. The first-order valence-corrected chi connectivity index (χ1v) is 4.87. The highest BCUT2D eigenvalue weighted by molar-refractivity contribution is 5.88. The second-order valence-corrected chi connectivity index (χ2v) is 3.65. The maximum Gasteiger partial charge on any atom is 0.339 e. The molecule has 1 saturated carbocycles. The summed E-state index contributed by atoms with van der Waals surface area (Å²) in [6.07, 6.45) is 5.07. The van der Waals surface area contributed by atoms with Gasteiger partial charge in [0.15, 0.2) is 0 Å². The van der Waals surface area contributed by atoms with Crippen molar-refractivity contribution in [3.63, 3.8) is 0 Å². The number of hydrogen-bond donors (Lipinski definition) is 1.